The Morgan fingerprint density at radius 1 is 0.388 bits per heavy atom. The van der Waals surface area contributed by atoms with E-state index in [1.165, 1.54) is 0 Å². The summed E-state index contributed by atoms with van der Waals surface area (Å²) in [7, 11) is 0. The number of nitrogens with zero attached hydrogens (tertiary/aromatic N) is 3. The standard InChI is InChI=1S/C45H29N3O/c1-3-11-30(12-4-1)35-25-36(38-17-9-19-43-44(38)39-16-7-8-18-42(39)49-43)27-37(26-35)41-28-40(32-13-5-2-6-14-32)47-45(48-41)33-22-20-31(21-23-33)34-15-10-24-46-29-34/h1-29H. The molecule has 49 heavy (non-hydrogen) atoms. The van der Waals surface area contributed by atoms with E-state index in [2.05, 4.69) is 126 Å². The molecule has 230 valence electrons. The molecule has 4 nitrogen and oxygen atoms in total. The largest absolute Gasteiger partial charge is 0.456 e. The van der Waals surface area contributed by atoms with Gasteiger partial charge in [-0.05, 0) is 75.8 Å². The van der Waals surface area contributed by atoms with E-state index < -0.39 is 0 Å². The lowest BCUT2D eigenvalue weighted by Crippen LogP contribution is -1.97. The van der Waals surface area contributed by atoms with Crippen molar-refractivity contribution in [2.45, 2.75) is 0 Å². The van der Waals surface area contributed by atoms with E-state index in [4.69, 9.17) is 14.4 Å². The quantitative estimate of drug-likeness (QED) is 0.184. The fraction of sp³-hybridized carbons (Fsp3) is 0. The second-order valence-electron chi connectivity index (χ2n) is 12.1. The van der Waals surface area contributed by atoms with Crippen molar-refractivity contribution >= 4 is 21.9 Å². The van der Waals surface area contributed by atoms with Gasteiger partial charge in [-0.1, -0.05) is 121 Å². The van der Waals surface area contributed by atoms with Crippen LogP contribution in [-0.2, 0) is 0 Å². The maximum absolute atomic E-state index is 6.29. The number of rotatable bonds is 6. The van der Waals surface area contributed by atoms with Crippen LogP contribution in [0.15, 0.2) is 181 Å². The highest BCUT2D eigenvalue weighted by Crippen LogP contribution is 2.40. The first kappa shape index (κ1) is 28.6. The van der Waals surface area contributed by atoms with E-state index >= 15 is 0 Å². The molecule has 9 rings (SSSR count). The molecule has 0 spiro atoms. The molecule has 3 aromatic heterocycles. The SMILES string of the molecule is c1ccc(-c2cc(-c3cc(-c4ccccc4)nc(-c4ccc(-c5cccnc5)cc4)n3)cc(-c3cccc4oc5ccccc5c34)c2)cc1. The Bertz CT molecular complexity index is 2580. The predicted octanol–water partition coefficient (Wildman–Crippen LogP) is 11.8. The lowest BCUT2D eigenvalue weighted by Gasteiger charge is -2.14. The molecule has 0 N–H and O–H groups in total. The van der Waals surface area contributed by atoms with Crippen LogP contribution in [0.2, 0.25) is 0 Å². The van der Waals surface area contributed by atoms with Gasteiger partial charge in [0.2, 0.25) is 0 Å². The second kappa shape index (κ2) is 12.2. The number of fused-ring (bicyclic) bond motifs is 3. The summed E-state index contributed by atoms with van der Waals surface area (Å²) in [6, 6.07) is 56.6. The van der Waals surface area contributed by atoms with Gasteiger partial charge < -0.3 is 4.42 Å². The molecule has 0 saturated heterocycles. The zero-order valence-corrected chi connectivity index (χ0v) is 26.5. The molecule has 0 radical (unpaired) electrons. The molecular weight excluding hydrogens is 599 g/mol. The third kappa shape index (κ3) is 5.45. The molecule has 0 saturated carbocycles. The third-order valence-corrected chi connectivity index (χ3v) is 8.98. The molecule has 6 aromatic carbocycles. The molecule has 9 aromatic rings. The highest BCUT2D eigenvalue weighted by molar-refractivity contribution is 6.12. The highest BCUT2D eigenvalue weighted by atomic mass is 16.3. The van der Waals surface area contributed by atoms with Crippen molar-refractivity contribution in [2.24, 2.45) is 0 Å². The van der Waals surface area contributed by atoms with Crippen molar-refractivity contribution in [1.82, 2.24) is 15.0 Å². The second-order valence-corrected chi connectivity index (χ2v) is 12.1. The fourth-order valence-electron chi connectivity index (χ4n) is 6.57. The van der Waals surface area contributed by atoms with Gasteiger partial charge in [0, 0.05) is 39.9 Å². The Hall–Kier alpha value is -6.65. The number of aromatic nitrogens is 3. The average molecular weight is 628 g/mol. The van der Waals surface area contributed by atoms with Gasteiger partial charge in [-0.2, -0.15) is 0 Å². The van der Waals surface area contributed by atoms with Crippen LogP contribution in [0.5, 0.6) is 0 Å². The molecular formula is C45H29N3O. The van der Waals surface area contributed by atoms with Crippen LogP contribution in [0.4, 0.5) is 0 Å². The minimum atomic E-state index is 0.670. The third-order valence-electron chi connectivity index (χ3n) is 8.98. The van der Waals surface area contributed by atoms with Crippen LogP contribution in [0.25, 0.3) is 89.2 Å². The van der Waals surface area contributed by atoms with Crippen molar-refractivity contribution in [3.63, 3.8) is 0 Å². The average Bonchev–Trinajstić information content (AvgIpc) is 3.58. The zero-order valence-electron chi connectivity index (χ0n) is 26.5. The summed E-state index contributed by atoms with van der Waals surface area (Å²) in [6.45, 7) is 0. The molecule has 4 heteroatoms. The first-order chi connectivity index (χ1) is 24.3. The van der Waals surface area contributed by atoms with Gasteiger partial charge in [0.25, 0.3) is 0 Å². The van der Waals surface area contributed by atoms with Crippen LogP contribution in [0.1, 0.15) is 0 Å². The molecule has 0 amide bonds. The first-order valence-electron chi connectivity index (χ1n) is 16.3. The van der Waals surface area contributed by atoms with Gasteiger partial charge in [-0.25, -0.2) is 9.97 Å². The van der Waals surface area contributed by atoms with Crippen LogP contribution >= 0.6 is 0 Å². The molecule has 0 aliphatic heterocycles. The summed E-state index contributed by atoms with van der Waals surface area (Å²) < 4.78 is 6.29. The first-order valence-corrected chi connectivity index (χ1v) is 16.3. The van der Waals surface area contributed by atoms with Crippen LogP contribution in [0, 0.1) is 0 Å². The molecule has 0 bridgehead atoms. The lowest BCUT2D eigenvalue weighted by molar-refractivity contribution is 0.669. The number of hydrogen-bond acceptors (Lipinski definition) is 4. The minimum absolute atomic E-state index is 0.670. The monoisotopic (exact) mass is 627 g/mol. The molecule has 0 aliphatic rings. The Morgan fingerprint density at radius 2 is 1.00 bits per heavy atom. The van der Waals surface area contributed by atoms with Gasteiger partial charge >= 0.3 is 0 Å². The molecule has 0 aliphatic carbocycles. The minimum Gasteiger partial charge on any atom is -0.456 e. The van der Waals surface area contributed by atoms with Crippen LogP contribution in [-0.4, -0.2) is 15.0 Å². The normalized spacial score (nSPS) is 11.3. The van der Waals surface area contributed by atoms with Crippen LogP contribution < -0.4 is 0 Å². The molecule has 0 atom stereocenters. The Morgan fingerprint density at radius 3 is 1.78 bits per heavy atom. The summed E-state index contributed by atoms with van der Waals surface area (Å²) in [5.41, 5.74) is 13.1. The summed E-state index contributed by atoms with van der Waals surface area (Å²) in [4.78, 5) is 14.6. The summed E-state index contributed by atoms with van der Waals surface area (Å²) in [5.74, 6) is 0.670. The van der Waals surface area contributed by atoms with Crippen molar-refractivity contribution in [3.05, 3.63) is 176 Å². The topological polar surface area (TPSA) is 51.8 Å². The van der Waals surface area contributed by atoms with Gasteiger partial charge in [-0.3, -0.25) is 4.98 Å². The zero-order chi connectivity index (χ0) is 32.6. The number of hydrogen-bond donors (Lipinski definition) is 0. The summed E-state index contributed by atoms with van der Waals surface area (Å²) in [5, 5.41) is 2.21. The molecule has 0 fully saturated rings. The Kier molecular flexibility index (Phi) is 7.10. The van der Waals surface area contributed by atoms with Gasteiger partial charge in [0.15, 0.2) is 5.82 Å². The van der Waals surface area contributed by atoms with Crippen molar-refractivity contribution in [3.8, 4) is 67.3 Å². The highest BCUT2D eigenvalue weighted by Gasteiger charge is 2.17. The van der Waals surface area contributed by atoms with E-state index in [0.29, 0.717) is 5.82 Å². The Labute approximate surface area is 284 Å². The maximum Gasteiger partial charge on any atom is 0.160 e. The number of pyridine rings is 1. The van der Waals surface area contributed by atoms with Crippen LogP contribution in [0.3, 0.4) is 0 Å². The summed E-state index contributed by atoms with van der Waals surface area (Å²) in [6.07, 6.45) is 3.67. The van der Waals surface area contributed by atoms with E-state index in [1.54, 1.807) is 6.20 Å². The van der Waals surface area contributed by atoms with Gasteiger partial charge in [0.1, 0.15) is 11.2 Å². The van der Waals surface area contributed by atoms with E-state index in [0.717, 1.165) is 83.4 Å². The van der Waals surface area contributed by atoms with Gasteiger partial charge in [-0.15, -0.1) is 0 Å². The van der Waals surface area contributed by atoms with Gasteiger partial charge in [0.05, 0.1) is 11.4 Å². The van der Waals surface area contributed by atoms with Crippen molar-refractivity contribution < 1.29 is 4.42 Å². The summed E-state index contributed by atoms with van der Waals surface area (Å²) >= 11 is 0. The number of benzene rings is 6. The van der Waals surface area contributed by atoms with Crippen molar-refractivity contribution in [2.75, 3.05) is 0 Å². The van der Waals surface area contributed by atoms with E-state index in [9.17, 15) is 0 Å². The van der Waals surface area contributed by atoms with E-state index in [-0.39, 0.29) is 0 Å². The smallest absolute Gasteiger partial charge is 0.160 e. The number of furan rings is 1. The number of para-hydroxylation sites is 1. The molecule has 3 heterocycles. The lowest BCUT2D eigenvalue weighted by atomic mass is 9.92. The maximum atomic E-state index is 6.29. The Balaban J connectivity index is 1.25. The van der Waals surface area contributed by atoms with E-state index in [1.807, 2.05) is 48.7 Å². The fourth-order valence-corrected chi connectivity index (χ4v) is 6.57. The molecule has 0 unspecified atom stereocenters. The van der Waals surface area contributed by atoms with Crippen molar-refractivity contribution in [1.29, 1.82) is 0 Å². The predicted molar refractivity (Wildman–Crippen MR) is 200 cm³/mol.